The molecule has 0 radical (unpaired) electrons. The first-order chi connectivity index (χ1) is 9.00. The monoisotopic (exact) mass is 277 g/mol. The number of rotatable bonds is 3. The molecule has 0 spiro atoms. The number of anilines is 3. The molecular formula is C13H12ClN3O2. The number of benzene rings is 2. The second-order valence-electron chi connectivity index (χ2n) is 4.04. The lowest BCUT2D eigenvalue weighted by atomic mass is 10.1. The highest BCUT2D eigenvalue weighted by Crippen LogP contribution is 2.34. The Kier molecular flexibility index (Phi) is 3.57. The molecule has 0 aliphatic rings. The molecule has 2 aromatic carbocycles. The van der Waals surface area contributed by atoms with Gasteiger partial charge in [-0.15, -0.1) is 0 Å². The molecule has 19 heavy (non-hydrogen) atoms. The standard InChI is InChI=1S/C13H12ClN3O2/c1-8-9(14)4-2-6-11(8)16-12-7-3-5-10(15)13(12)17(18)19/h2-7,16H,15H2,1H3. The van der Waals surface area contributed by atoms with Crippen LogP contribution in [0, 0.1) is 17.0 Å². The van der Waals surface area contributed by atoms with E-state index in [1.165, 1.54) is 6.07 Å². The molecule has 3 N–H and O–H groups in total. The average Bonchev–Trinajstić information content (AvgIpc) is 2.34. The lowest BCUT2D eigenvalue weighted by Gasteiger charge is -2.11. The van der Waals surface area contributed by atoms with Gasteiger partial charge in [0.2, 0.25) is 0 Å². The maximum atomic E-state index is 11.0. The molecule has 2 rings (SSSR count). The van der Waals surface area contributed by atoms with Crippen LogP contribution in [0.1, 0.15) is 5.56 Å². The van der Waals surface area contributed by atoms with Crippen molar-refractivity contribution in [2.24, 2.45) is 0 Å². The molecular weight excluding hydrogens is 266 g/mol. The summed E-state index contributed by atoms with van der Waals surface area (Å²) < 4.78 is 0. The van der Waals surface area contributed by atoms with Crippen LogP contribution >= 0.6 is 11.6 Å². The minimum absolute atomic E-state index is 0.120. The first-order valence-corrected chi connectivity index (χ1v) is 5.93. The van der Waals surface area contributed by atoms with Crippen LogP contribution in [0.5, 0.6) is 0 Å². The van der Waals surface area contributed by atoms with Crippen molar-refractivity contribution in [1.29, 1.82) is 0 Å². The zero-order valence-corrected chi connectivity index (χ0v) is 10.9. The van der Waals surface area contributed by atoms with Crippen LogP contribution in [-0.2, 0) is 0 Å². The van der Waals surface area contributed by atoms with Gasteiger partial charge in [0.15, 0.2) is 0 Å². The summed E-state index contributed by atoms with van der Waals surface area (Å²) in [6, 6.07) is 10.1. The van der Waals surface area contributed by atoms with E-state index in [2.05, 4.69) is 5.32 Å². The van der Waals surface area contributed by atoms with Crippen LogP contribution in [0.2, 0.25) is 5.02 Å². The number of hydrogen-bond acceptors (Lipinski definition) is 4. The van der Waals surface area contributed by atoms with E-state index in [1.807, 2.05) is 6.92 Å². The van der Waals surface area contributed by atoms with Crippen molar-refractivity contribution >= 4 is 34.4 Å². The lowest BCUT2D eigenvalue weighted by molar-refractivity contribution is -0.383. The highest BCUT2D eigenvalue weighted by Gasteiger charge is 2.18. The summed E-state index contributed by atoms with van der Waals surface area (Å²) in [4.78, 5) is 10.5. The van der Waals surface area contributed by atoms with E-state index in [9.17, 15) is 10.1 Å². The maximum absolute atomic E-state index is 11.0. The summed E-state index contributed by atoms with van der Waals surface area (Å²) in [5, 5.41) is 14.6. The van der Waals surface area contributed by atoms with Gasteiger partial charge in [-0.1, -0.05) is 23.7 Å². The third-order valence-electron chi connectivity index (χ3n) is 2.79. The Bertz CT molecular complexity index is 644. The molecule has 0 aromatic heterocycles. The number of halogens is 1. The molecule has 0 saturated heterocycles. The smallest absolute Gasteiger partial charge is 0.315 e. The van der Waals surface area contributed by atoms with Gasteiger partial charge in [0.25, 0.3) is 0 Å². The first kappa shape index (κ1) is 13.2. The molecule has 0 fully saturated rings. The van der Waals surface area contributed by atoms with Gasteiger partial charge in [-0.05, 0) is 36.8 Å². The van der Waals surface area contributed by atoms with Gasteiger partial charge in [0.1, 0.15) is 11.4 Å². The summed E-state index contributed by atoms with van der Waals surface area (Å²) in [5.41, 5.74) is 7.49. The van der Waals surface area contributed by atoms with E-state index in [4.69, 9.17) is 17.3 Å². The van der Waals surface area contributed by atoms with E-state index in [1.54, 1.807) is 30.3 Å². The molecule has 6 heteroatoms. The van der Waals surface area contributed by atoms with Crippen LogP contribution in [0.15, 0.2) is 36.4 Å². The molecule has 0 aliphatic carbocycles. The Hall–Kier alpha value is -2.27. The van der Waals surface area contributed by atoms with Crippen molar-refractivity contribution < 1.29 is 4.92 Å². The van der Waals surface area contributed by atoms with E-state index in [0.717, 1.165) is 5.56 Å². The number of nitrogens with two attached hydrogens (primary N) is 1. The van der Waals surface area contributed by atoms with Crippen molar-refractivity contribution in [3.8, 4) is 0 Å². The van der Waals surface area contributed by atoms with Gasteiger partial charge in [0, 0.05) is 10.7 Å². The highest BCUT2D eigenvalue weighted by molar-refractivity contribution is 6.31. The Labute approximate surface area is 115 Å². The minimum Gasteiger partial charge on any atom is -0.393 e. The van der Waals surface area contributed by atoms with E-state index >= 15 is 0 Å². The number of nitrogens with zero attached hydrogens (tertiary/aromatic N) is 1. The summed E-state index contributed by atoms with van der Waals surface area (Å²) >= 11 is 6.02. The number of para-hydroxylation sites is 1. The number of nitrogens with one attached hydrogen (secondary N) is 1. The maximum Gasteiger partial charge on any atom is 0.315 e. The topological polar surface area (TPSA) is 81.2 Å². The zero-order chi connectivity index (χ0) is 14.0. The van der Waals surface area contributed by atoms with Gasteiger partial charge in [-0.2, -0.15) is 0 Å². The van der Waals surface area contributed by atoms with Gasteiger partial charge in [0.05, 0.1) is 4.92 Å². The van der Waals surface area contributed by atoms with Crippen LogP contribution in [0.3, 0.4) is 0 Å². The predicted molar refractivity (Wildman–Crippen MR) is 77.0 cm³/mol. The number of nitro benzene ring substituents is 1. The molecule has 2 aromatic rings. The quantitative estimate of drug-likeness (QED) is 0.507. The molecule has 0 aliphatic heterocycles. The van der Waals surface area contributed by atoms with Crippen molar-refractivity contribution in [1.82, 2.24) is 0 Å². The average molecular weight is 278 g/mol. The fourth-order valence-corrected chi connectivity index (χ4v) is 1.93. The first-order valence-electron chi connectivity index (χ1n) is 5.55. The predicted octanol–water partition coefficient (Wildman–Crippen LogP) is 3.88. The Morgan fingerprint density at radius 3 is 2.53 bits per heavy atom. The molecule has 0 saturated carbocycles. The Balaban J connectivity index is 2.47. The Morgan fingerprint density at radius 2 is 1.84 bits per heavy atom. The summed E-state index contributed by atoms with van der Waals surface area (Å²) in [5.74, 6) is 0. The van der Waals surface area contributed by atoms with Crippen molar-refractivity contribution in [2.75, 3.05) is 11.1 Å². The summed E-state index contributed by atoms with van der Waals surface area (Å²) in [6.07, 6.45) is 0. The lowest BCUT2D eigenvalue weighted by Crippen LogP contribution is -2.01. The second kappa shape index (κ2) is 5.16. The molecule has 0 unspecified atom stereocenters. The highest BCUT2D eigenvalue weighted by atomic mass is 35.5. The molecule has 0 amide bonds. The van der Waals surface area contributed by atoms with Gasteiger partial charge in [-0.3, -0.25) is 10.1 Å². The number of hydrogen-bond donors (Lipinski definition) is 2. The number of nitro groups is 1. The van der Waals surface area contributed by atoms with Crippen LogP contribution < -0.4 is 11.1 Å². The van der Waals surface area contributed by atoms with Crippen LogP contribution in [0.25, 0.3) is 0 Å². The second-order valence-corrected chi connectivity index (χ2v) is 4.45. The van der Waals surface area contributed by atoms with E-state index in [0.29, 0.717) is 16.4 Å². The zero-order valence-electron chi connectivity index (χ0n) is 10.2. The minimum atomic E-state index is -0.502. The van der Waals surface area contributed by atoms with Gasteiger partial charge < -0.3 is 11.1 Å². The molecule has 0 bridgehead atoms. The number of nitrogen functional groups attached to an aromatic ring is 1. The fraction of sp³-hybridized carbons (Fsp3) is 0.0769. The molecule has 5 nitrogen and oxygen atoms in total. The third-order valence-corrected chi connectivity index (χ3v) is 3.20. The summed E-state index contributed by atoms with van der Waals surface area (Å²) in [6.45, 7) is 1.84. The van der Waals surface area contributed by atoms with Crippen molar-refractivity contribution in [3.05, 3.63) is 57.1 Å². The SMILES string of the molecule is Cc1c(Cl)cccc1Nc1cccc(N)c1[N+](=O)[O-]. The van der Waals surface area contributed by atoms with Crippen LogP contribution in [0.4, 0.5) is 22.7 Å². The molecule has 98 valence electrons. The van der Waals surface area contributed by atoms with Gasteiger partial charge in [-0.25, -0.2) is 0 Å². The van der Waals surface area contributed by atoms with Crippen molar-refractivity contribution in [2.45, 2.75) is 6.92 Å². The van der Waals surface area contributed by atoms with Gasteiger partial charge >= 0.3 is 5.69 Å². The van der Waals surface area contributed by atoms with Crippen molar-refractivity contribution in [3.63, 3.8) is 0 Å². The molecule has 0 heterocycles. The fourth-order valence-electron chi connectivity index (χ4n) is 1.75. The van der Waals surface area contributed by atoms with E-state index < -0.39 is 4.92 Å². The normalized spacial score (nSPS) is 10.2. The van der Waals surface area contributed by atoms with E-state index in [-0.39, 0.29) is 11.4 Å². The largest absolute Gasteiger partial charge is 0.393 e. The summed E-state index contributed by atoms with van der Waals surface area (Å²) in [7, 11) is 0. The van der Waals surface area contributed by atoms with Crippen LogP contribution in [-0.4, -0.2) is 4.92 Å². The third kappa shape index (κ3) is 2.61. The Morgan fingerprint density at radius 1 is 1.21 bits per heavy atom. The molecule has 0 atom stereocenters.